The van der Waals surface area contributed by atoms with Gasteiger partial charge in [-0.25, -0.2) is 0 Å². The molecule has 65 heavy (non-hydrogen) atoms. The zero-order valence-electron chi connectivity index (χ0n) is 35.5. The highest BCUT2D eigenvalue weighted by molar-refractivity contribution is 6.18. The zero-order valence-corrected chi connectivity index (χ0v) is 35.5. The van der Waals surface area contributed by atoms with Crippen LogP contribution in [0.1, 0.15) is 0 Å². The van der Waals surface area contributed by atoms with Crippen molar-refractivity contribution >= 4 is 54.5 Å². The Labute approximate surface area is 376 Å². The molecule has 10 aromatic carbocycles. The average molecular weight is 828 g/mol. The van der Waals surface area contributed by atoms with Crippen molar-refractivity contribution in [3.63, 3.8) is 0 Å². The molecule has 3 heteroatoms. The monoisotopic (exact) mass is 827 g/mol. The Balaban J connectivity index is 1.08. The highest BCUT2D eigenvalue weighted by Crippen LogP contribution is 2.42. The number of rotatable bonds is 7. The summed E-state index contributed by atoms with van der Waals surface area (Å²) >= 11 is 0. The lowest BCUT2D eigenvalue weighted by molar-refractivity contribution is 1.13. The smallest absolute Gasteiger partial charge is 0.0635 e. The molecule has 0 amide bonds. The van der Waals surface area contributed by atoms with Crippen molar-refractivity contribution in [3.05, 3.63) is 249 Å². The van der Waals surface area contributed by atoms with Gasteiger partial charge in [0.25, 0.3) is 0 Å². The van der Waals surface area contributed by atoms with Gasteiger partial charge in [0.05, 0.1) is 27.6 Å². The van der Waals surface area contributed by atoms with Crippen LogP contribution in [0.3, 0.4) is 0 Å². The molecular formula is C62H41N3. The van der Waals surface area contributed by atoms with Gasteiger partial charge in [-0.3, -0.25) is 0 Å². The molecule has 0 saturated heterocycles. The second kappa shape index (κ2) is 15.0. The average Bonchev–Trinajstić information content (AvgIpc) is 4.07. The Kier molecular flexibility index (Phi) is 8.53. The molecule has 304 valence electrons. The molecule has 0 bridgehead atoms. The Morgan fingerprint density at radius 1 is 0.215 bits per heavy atom. The van der Waals surface area contributed by atoms with E-state index in [0.717, 1.165) is 28.1 Å². The highest BCUT2D eigenvalue weighted by Gasteiger charge is 2.21. The summed E-state index contributed by atoms with van der Waals surface area (Å²) in [4.78, 5) is 0. The second-order valence-corrected chi connectivity index (χ2v) is 17.0. The van der Waals surface area contributed by atoms with Crippen LogP contribution in [0.2, 0.25) is 0 Å². The molecule has 0 saturated carbocycles. The number of nitrogens with zero attached hydrogens (tertiary/aromatic N) is 3. The summed E-state index contributed by atoms with van der Waals surface area (Å²) in [6, 6.07) is 88.6. The van der Waals surface area contributed by atoms with E-state index in [0.29, 0.717) is 0 Å². The summed E-state index contributed by atoms with van der Waals surface area (Å²) in [5.41, 5.74) is 18.7. The minimum absolute atomic E-state index is 1.11. The van der Waals surface area contributed by atoms with Gasteiger partial charge >= 0.3 is 0 Å². The minimum atomic E-state index is 1.11. The molecule has 0 aliphatic carbocycles. The maximum absolute atomic E-state index is 2.51. The first kappa shape index (κ1) is 36.9. The Hall–Kier alpha value is -8.66. The molecule has 0 N–H and O–H groups in total. The normalized spacial score (nSPS) is 11.7. The molecule has 3 nitrogen and oxygen atoms in total. The number of hydrogen-bond donors (Lipinski definition) is 0. The first-order valence-corrected chi connectivity index (χ1v) is 22.3. The van der Waals surface area contributed by atoms with E-state index in [1.54, 1.807) is 0 Å². The quantitative estimate of drug-likeness (QED) is 0.152. The van der Waals surface area contributed by atoms with Gasteiger partial charge in [-0.1, -0.05) is 176 Å². The van der Waals surface area contributed by atoms with Gasteiger partial charge in [0, 0.05) is 50.2 Å². The molecule has 0 spiro atoms. The van der Waals surface area contributed by atoms with Gasteiger partial charge in [0.15, 0.2) is 0 Å². The molecule has 0 atom stereocenters. The van der Waals surface area contributed by atoms with Crippen LogP contribution in [0.5, 0.6) is 0 Å². The van der Waals surface area contributed by atoms with E-state index >= 15 is 0 Å². The molecule has 3 heterocycles. The first-order chi connectivity index (χ1) is 32.2. The summed E-state index contributed by atoms with van der Waals surface area (Å²) in [7, 11) is 0. The van der Waals surface area contributed by atoms with Crippen LogP contribution in [0.4, 0.5) is 0 Å². The van der Waals surface area contributed by atoms with Crippen LogP contribution in [0.25, 0.3) is 116 Å². The molecular weight excluding hydrogens is 787 g/mol. The fraction of sp³-hybridized carbons (Fsp3) is 0. The van der Waals surface area contributed by atoms with Crippen LogP contribution >= 0.6 is 0 Å². The van der Waals surface area contributed by atoms with Gasteiger partial charge in [0.2, 0.25) is 0 Å². The molecule has 0 aliphatic rings. The van der Waals surface area contributed by atoms with Crippen molar-refractivity contribution in [2.45, 2.75) is 0 Å². The third-order valence-corrected chi connectivity index (χ3v) is 13.2. The van der Waals surface area contributed by atoms with Crippen molar-refractivity contribution in [1.82, 2.24) is 13.7 Å². The van der Waals surface area contributed by atoms with Gasteiger partial charge in [0.1, 0.15) is 0 Å². The van der Waals surface area contributed by atoms with Gasteiger partial charge in [-0.05, 0) is 111 Å². The minimum Gasteiger partial charge on any atom is -0.316 e. The number of hydrogen-bond acceptors (Lipinski definition) is 0. The lowest BCUT2D eigenvalue weighted by Crippen LogP contribution is -2.00. The molecule has 3 aromatic heterocycles. The van der Waals surface area contributed by atoms with Crippen LogP contribution in [0.15, 0.2) is 249 Å². The van der Waals surface area contributed by atoms with Crippen molar-refractivity contribution in [1.29, 1.82) is 0 Å². The fourth-order valence-corrected chi connectivity index (χ4v) is 10.2. The Morgan fingerprint density at radius 3 is 1.26 bits per heavy atom. The molecule has 0 aliphatic heterocycles. The van der Waals surface area contributed by atoms with Crippen LogP contribution in [0, 0.1) is 0 Å². The fourth-order valence-electron chi connectivity index (χ4n) is 10.2. The van der Waals surface area contributed by atoms with E-state index in [1.807, 2.05) is 0 Å². The van der Waals surface area contributed by atoms with Crippen LogP contribution in [-0.4, -0.2) is 13.7 Å². The summed E-state index contributed by atoms with van der Waals surface area (Å²) in [5, 5.41) is 6.12. The number of aromatic nitrogens is 3. The summed E-state index contributed by atoms with van der Waals surface area (Å²) in [6.45, 7) is 0. The predicted octanol–water partition coefficient (Wildman–Crippen LogP) is 16.5. The molecule has 0 unspecified atom stereocenters. The van der Waals surface area contributed by atoms with E-state index in [1.165, 1.54) is 87.9 Å². The lowest BCUT2D eigenvalue weighted by atomic mass is 9.98. The predicted molar refractivity (Wildman–Crippen MR) is 274 cm³/mol. The molecule has 0 fully saturated rings. The third kappa shape index (κ3) is 6.12. The standard InChI is InChI=1S/C62H41N3/c1-5-17-42(18-6-1)46-29-30-55-53-25-13-15-27-59(53)64(61(55)40-46)51-38-49(45-23-11-4-12-24-45)39-52(41-51)65-60-28-16-14-26-54(60)56-31-32-58-57(62(56)65)33-34-63(58)50-36-47(43-19-7-2-8-20-43)35-48(37-50)44-21-9-3-10-22-44/h1-41H. The van der Waals surface area contributed by atoms with E-state index in [-0.39, 0.29) is 0 Å². The second-order valence-electron chi connectivity index (χ2n) is 17.0. The zero-order chi connectivity index (χ0) is 42.8. The van der Waals surface area contributed by atoms with Crippen molar-refractivity contribution in [2.24, 2.45) is 0 Å². The van der Waals surface area contributed by atoms with Crippen LogP contribution < -0.4 is 0 Å². The van der Waals surface area contributed by atoms with Crippen LogP contribution in [-0.2, 0) is 0 Å². The maximum Gasteiger partial charge on any atom is 0.0635 e. The topological polar surface area (TPSA) is 14.8 Å². The lowest BCUT2D eigenvalue weighted by Gasteiger charge is -2.16. The Bertz CT molecular complexity index is 3850. The molecule has 13 aromatic rings. The van der Waals surface area contributed by atoms with E-state index in [9.17, 15) is 0 Å². The number of benzene rings is 10. The largest absolute Gasteiger partial charge is 0.316 e. The molecule has 0 radical (unpaired) electrons. The summed E-state index contributed by atoms with van der Waals surface area (Å²) < 4.78 is 7.34. The van der Waals surface area contributed by atoms with E-state index in [4.69, 9.17) is 0 Å². The third-order valence-electron chi connectivity index (χ3n) is 13.2. The van der Waals surface area contributed by atoms with E-state index in [2.05, 4.69) is 263 Å². The Morgan fingerprint density at radius 2 is 0.662 bits per heavy atom. The highest BCUT2D eigenvalue weighted by atomic mass is 15.0. The SMILES string of the molecule is c1ccc(-c2cc(-c3ccccc3)cc(-n3ccc4c3ccc3c5ccccc5n(-c5cc(-c6ccccc6)cc(-n6c7ccccc7c7ccc(-c8ccccc8)cc76)c5)c34)c2)cc1. The number of para-hydroxylation sites is 2. The van der Waals surface area contributed by atoms with Gasteiger partial charge in [-0.2, -0.15) is 0 Å². The van der Waals surface area contributed by atoms with Crippen molar-refractivity contribution in [3.8, 4) is 61.6 Å². The summed E-state index contributed by atoms with van der Waals surface area (Å²) in [6.07, 6.45) is 2.25. The summed E-state index contributed by atoms with van der Waals surface area (Å²) in [5.74, 6) is 0. The van der Waals surface area contributed by atoms with Crippen molar-refractivity contribution < 1.29 is 0 Å². The first-order valence-electron chi connectivity index (χ1n) is 22.3. The van der Waals surface area contributed by atoms with Gasteiger partial charge in [-0.15, -0.1) is 0 Å². The number of fused-ring (bicyclic) bond motifs is 8. The molecule has 13 rings (SSSR count). The van der Waals surface area contributed by atoms with Crippen molar-refractivity contribution in [2.75, 3.05) is 0 Å². The maximum atomic E-state index is 2.51. The van der Waals surface area contributed by atoms with E-state index < -0.39 is 0 Å². The van der Waals surface area contributed by atoms with Gasteiger partial charge < -0.3 is 13.7 Å².